The Balaban J connectivity index is 1.69. The first-order chi connectivity index (χ1) is 9.15. The average molecular weight is 308 g/mol. The third kappa shape index (κ3) is 3.75. The molecule has 110 valence electrons. The van der Waals surface area contributed by atoms with Gasteiger partial charge in [0.2, 0.25) is 0 Å². The Morgan fingerprint density at radius 3 is 2.58 bits per heavy atom. The van der Waals surface area contributed by atoms with Gasteiger partial charge in [-0.1, -0.05) is 6.92 Å². The van der Waals surface area contributed by atoms with Crippen molar-refractivity contribution in [2.75, 3.05) is 32.4 Å². The fourth-order valence-electron chi connectivity index (χ4n) is 2.24. The van der Waals surface area contributed by atoms with Crippen LogP contribution >= 0.6 is 23.2 Å². The maximum Gasteiger partial charge on any atom is 0.103 e. The fraction of sp³-hybridized carbons (Fsp3) is 0.923. The molecule has 4 nitrogen and oxygen atoms in total. The Bertz CT molecular complexity index is 321. The predicted molar refractivity (Wildman–Crippen MR) is 80.2 cm³/mol. The molecular formula is C13H23Cl2N3O. The van der Waals surface area contributed by atoms with Gasteiger partial charge < -0.3 is 9.64 Å². The van der Waals surface area contributed by atoms with Gasteiger partial charge in [0, 0.05) is 24.9 Å². The molecule has 6 heteroatoms. The summed E-state index contributed by atoms with van der Waals surface area (Å²) in [4.78, 5) is 9.13. The van der Waals surface area contributed by atoms with Crippen LogP contribution in [0.1, 0.15) is 26.7 Å². The molecule has 0 aromatic carbocycles. The van der Waals surface area contributed by atoms with E-state index in [0.29, 0.717) is 11.9 Å². The highest BCUT2D eigenvalue weighted by Gasteiger charge is 2.33. The molecule has 0 aromatic rings. The summed E-state index contributed by atoms with van der Waals surface area (Å²) in [5.74, 6) is 1.69. The van der Waals surface area contributed by atoms with E-state index in [4.69, 9.17) is 27.9 Å². The van der Waals surface area contributed by atoms with Gasteiger partial charge in [0.25, 0.3) is 0 Å². The van der Waals surface area contributed by atoms with Crippen LogP contribution in [0.5, 0.6) is 0 Å². The predicted octanol–water partition coefficient (Wildman–Crippen LogP) is 2.35. The number of aliphatic imine (C=N–C) groups is 1. The lowest BCUT2D eigenvalue weighted by Gasteiger charge is -2.49. The Labute approximate surface area is 125 Å². The third-order valence-corrected chi connectivity index (χ3v) is 4.89. The quantitative estimate of drug-likeness (QED) is 0.676. The normalized spacial score (nSPS) is 24.2. The van der Waals surface area contributed by atoms with Gasteiger partial charge >= 0.3 is 0 Å². The third-order valence-electron chi connectivity index (χ3n) is 3.90. The van der Waals surface area contributed by atoms with Gasteiger partial charge in [-0.2, -0.15) is 0 Å². The second-order valence-electron chi connectivity index (χ2n) is 5.23. The lowest BCUT2D eigenvalue weighted by Crippen LogP contribution is -2.62. The number of nitrogens with zero attached hydrogens (tertiary/aromatic N) is 3. The molecule has 2 rings (SSSR count). The minimum absolute atomic E-state index is 0.00148. The standard InChI is InChI=1S/C13H23Cl2N3O/c1-3-11(7-19-10(2)12(15)6-14)17-8-18(9-17)13-4-5-16-13/h10-12H,3-9H2,1-2H3. The molecule has 1 saturated heterocycles. The van der Waals surface area contributed by atoms with Gasteiger partial charge in [0.05, 0.1) is 31.4 Å². The Kier molecular flexibility index (Phi) is 5.75. The van der Waals surface area contributed by atoms with Crippen LogP contribution < -0.4 is 0 Å². The minimum Gasteiger partial charge on any atom is -0.375 e. The number of halogens is 2. The van der Waals surface area contributed by atoms with Gasteiger partial charge in [-0.25, -0.2) is 0 Å². The van der Waals surface area contributed by atoms with Crippen molar-refractivity contribution in [1.82, 2.24) is 9.80 Å². The molecular weight excluding hydrogens is 285 g/mol. The van der Waals surface area contributed by atoms with E-state index >= 15 is 0 Å². The zero-order valence-electron chi connectivity index (χ0n) is 11.7. The highest BCUT2D eigenvalue weighted by Crippen LogP contribution is 2.21. The van der Waals surface area contributed by atoms with Gasteiger partial charge in [-0.3, -0.25) is 9.89 Å². The molecule has 2 aliphatic rings. The van der Waals surface area contributed by atoms with E-state index in [2.05, 4.69) is 21.7 Å². The first-order valence-corrected chi connectivity index (χ1v) is 7.96. The van der Waals surface area contributed by atoms with Gasteiger partial charge in [-0.05, 0) is 13.3 Å². The van der Waals surface area contributed by atoms with Crippen LogP contribution in [0.3, 0.4) is 0 Å². The Morgan fingerprint density at radius 1 is 1.42 bits per heavy atom. The highest BCUT2D eigenvalue weighted by atomic mass is 35.5. The summed E-state index contributed by atoms with van der Waals surface area (Å²) in [6, 6.07) is 0.457. The van der Waals surface area contributed by atoms with Crippen LogP contribution in [-0.2, 0) is 4.74 Å². The summed E-state index contributed by atoms with van der Waals surface area (Å²) < 4.78 is 5.83. The van der Waals surface area contributed by atoms with Crippen molar-refractivity contribution >= 4 is 29.0 Å². The highest BCUT2D eigenvalue weighted by molar-refractivity contribution is 6.28. The van der Waals surface area contributed by atoms with Crippen molar-refractivity contribution in [1.29, 1.82) is 0 Å². The summed E-state index contributed by atoms with van der Waals surface area (Å²) in [7, 11) is 0. The summed E-state index contributed by atoms with van der Waals surface area (Å²) in [6.07, 6.45) is 2.23. The summed E-state index contributed by atoms with van der Waals surface area (Å²) in [5, 5.41) is -0.114. The van der Waals surface area contributed by atoms with Crippen molar-refractivity contribution < 1.29 is 4.74 Å². The van der Waals surface area contributed by atoms with Crippen LogP contribution in [0.4, 0.5) is 0 Å². The Hall–Kier alpha value is -0.0300. The van der Waals surface area contributed by atoms with Crippen molar-refractivity contribution in [3.8, 4) is 0 Å². The van der Waals surface area contributed by atoms with Gasteiger partial charge in [0.15, 0.2) is 0 Å². The molecule has 19 heavy (non-hydrogen) atoms. The first kappa shape index (κ1) is 15.4. The van der Waals surface area contributed by atoms with E-state index in [-0.39, 0.29) is 11.5 Å². The second kappa shape index (κ2) is 7.11. The minimum atomic E-state index is -0.114. The fourth-order valence-corrected chi connectivity index (χ4v) is 2.56. The number of alkyl halides is 2. The number of hydrogen-bond acceptors (Lipinski definition) is 4. The molecule has 1 fully saturated rings. The maximum absolute atomic E-state index is 6.07. The molecule has 0 N–H and O–H groups in total. The molecule has 0 aromatic heterocycles. The zero-order valence-corrected chi connectivity index (χ0v) is 13.2. The molecule has 0 amide bonds. The Morgan fingerprint density at radius 2 is 2.11 bits per heavy atom. The van der Waals surface area contributed by atoms with Crippen LogP contribution in [0.25, 0.3) is 0 Å². The average Bonchev–Trinajstić information content (AvgIpc) is 2.32. The second-order valence-corrected chi connectivity index (χ2v) is 6.10. The van der Waals surface area contributed by atoms with E-state index in [0.717, 1.165) is 39.3 Å². The molecule has 0 aliphatic carbocycles. The monoisotopic (exact) mass is 307 g/mol. The van der Waals surface area contributed by atoms with Crippen LogP contribution in [0.15, 0.2) is 4.99 Å². The molecule has 0 bridgehead atoms. The largest absolute Gasteiger partial charge is 0.375 e. The van der Waals surface area contributed by atoms with E-state index < -0.39 is 0 Å². The van der Waals surface area contributed by atoms with Crippen molar-refractivity contribution in [3.63, 3.8) is 0 Å². The van der Waals surface area contributed by atoms with Crippen molar-refractivity contribution in [3.05, 3.63) is 0 Å². The smallest absolute Gasteiger partial charge is 0.103 e. The van der Waals surface area contributed by atoms with Crippen LogP contribution in [0.2, 0.25) is 0 Å². The van der Waals surface area contributed by atoms with Gasteiger partial charge in [0.1, 0.15) is 5.84 Å². The molecule has 0 radical (unpaired) electrons. The van der Waals surface area contributed by atoms with Crippen molar-refractivity contribution in [2.24, 2.45) is 4.99 Å². The SMILES string of the molecule is CCC(COC(C)C(Cl)CCl)N1CN(C2=NCC2)C1. The molecule has 0 saturated carbocycles. The number of rotatable bonds is 7. The molecule has 0 spiro atoms. The molecule has 2 heterocycles. The topological polar surface area (TPSA) is 28.1 Å². The van der Waals surface area contributed by atoms with E-state index in [1.54, 1.807) is 0 Å². The van der Waals surface area contributed by atoms with Gasteiger partial charge in [-0.15, -0.1) is 23.2 Å². The lowest BCUT2D eigenvalue weighted by atomic mass is 10.1. The summed E-state index contributed by atoms with van der Waals surface area (Å²) >= 11 is 11.8. The van der Waals surface area contributed by atoms with E-state index in [1.807, 2.05) is 6.92 Å². The summed E-state index contributed by atoms with van der Waals surface area (Å²) in [6.45, 7) is 7.86. The number of amidine groups is 1. The molecule has 3 atom stereocenters. The van der Waals surface area contributed by atoms with E-state index in [1.165, 1.54) is 5.84 Å². The zero-order chi connectivity index (χ0) is 13.8. The van der Waals surface area contributed by atoms with Crippen molar-refractivity contribution in [2.45, 2.75) is 44.2 Å². The van der Waals surface area contributed by atoms with Crippen LogP contribution in [0, 0.1) is 0 Å². The first-order valence-electron chi connectivity index (χ1n) is 6.99. The van der Waals surface area contributed by atoms with Crippen LogP contribution in [-0.4, -0.2) is 65.5 Å². The number of ether oxygens (including phenoxy) is 1. The molecule has 2 aliphatic heterocycles. The molecule has 3 unspecified atom stereocenters. The van der Waals surface area contributed by atoms with E-state index in [9.17, 15) is 0 Å². The lowest BCUT2D eigenvalue weighted by molar-refractivity contribution is -0.0588. The maximum atomic E-state index is 6.07. The number of hydrogen-bond donors (Lipinski definition) is 0. The summed E-state index contributed by atoms with van der Waals surface area (Å²) in [5.41, 5.74) is 0.